The van der Waals surface area contributed by atoms with Crippen LogP contribution in [0.1, 0.15) is 17.0 Å². The van der Waals surface area contributed by atoms with Crippen molar-refractivity contribution in [3.05, 3.63) is 47.8 Å². The predicted octanol–water partition coefficient (Wildman–Crippen LogP) is 2.31. The second-order valence-corrected chi connectivity index (χ2v) is 3.84. The zero-order valence-electron chi connectivity index (χ0n) is 8.59. The monoisotopic (exact) mass is 207 g/mol. The topological polar surface area (TPSA) is 49.6 Å². The fourth-order valence-corrected chi connectivity index (χ4v) is 2.16. The highest BCUT2D eigenvalue weighted by Gasteiger charge is 2.25. The van der Waals surface area contributed by atoms with Crippen LogP contribution in [0.3, 0.4) is 0 Å². The van der Waals surface area contributed by atoms with Crippen molar-refractivity contribution >= 4 is 0 Å². The molecule has 0 saturated carbocycles. The van der Waals surface area contributed by atoms with Crippen LogP contribution in [0.2, 0.25) is 0 Å². The summed E-state index contributed by atoms with van der Waals surface area (Å²) in [6.07, 6.45) is 4.25. The third-order valence-electron chi connectivity index (χ3n) is 2.91. The lowest BCUT2D eigenvalue weighted by molar-refractivity contribution is 0.819. The Morgan fingerprint density at radius 3 is 2.69 bits per heavy atom. The molecule has 3 rings (SSSR count). The molecule has 3 nitrogen and oxygen atoms in total. The van der Waals surface area contributed by atoms with Crippen molar-refractivity contribution in [2.24, 2.45) is 0 Å². The Hall–Kier alpha value is -2.21. The number of hydrogen-bond donors (Lipinski definition) is 0. The van der Waals surface area contributed by atoms with Crippen LogP contribution in [-0.2, 0) is 6.42 Å². The van der Waals surface area contributed by atoms with Crippen LogP contribution in [-0.4, -0.2) is 9.97 Å². The zero-order valence-corrected chi connectivity index (χ0v) is 8.59. The van der Waals surface area contributed by atoms with Crippen molar-refractivity contribution in [2.45, 2.75) is 12.3 Å². The van der Waals surface area contributed by atoms with Crippen LogP contribution in [0.5, 0.6) is 0 Å². The Morgan fingerprint density at radius 1 is 1.12 bits per heavy atom. The lowest BCUT2D eigenvalue weighted by Gasteiger charge is -2.21. The quantitative estimate of drug-likeness (QED) is 0.666. The summed E-state index contributed by atoms with van der Waals surface area (Å²) >= 11 is 0. The molecule has 2 heterocycles. The maximum atomic E-state index is 9.17. The zero-order chi connectivity index (χ0) is 11.0. The van der Waals surface area contributed by atoms with E-state index in [4.69, 9.17) is 5.26 Å². The van der Waals surface area contributed by atoms with Gasteiger partial charge in [-0.15, -0.1) is 0 Å². The minimum atomic E-state index is -0.0969. The predicted molar refractivity (Wildman–Crippen MR) is 59.5 cm³/mol. The molecule has 3 heteroatoms. The molecule has 0 aromatic carbocycles. The molecular formula is C13H9N3. The molecule has 1 aliphatic rings. The third-order valence-corrected chi connectivity index (χ3v) is 2.91. The van der Waals surface area contributed by atoms with Gasteiger partial charge in [0.25, 0.3) is 0 Å². The molecule has 0 amide bonds. The molecule has 0 saturated heterocycles. The summed E-state index contributed by atoms with van der Waals surface area (Å²) in [6, 6.07) is 10.1. The first-order chi connectivity index (χ1) is 7.90. The maximum absolute atomic E-state index is 9.17. The van der Waals surface area contributed by atoms with Gasteiger partial charge in [-0.25, -0.2) is 0 Å². The van der Waals surface area contributed by atoms with Crippen molar-refractivity contribution in [2.75, 3.05) is 0 Å². The molecule has 16 heavy (non-hydrogen) atoms. The van der Waals surface area contributed by atoms with E-state index in [0.29, 0.717) is 0 Å². The van der Waals surface area contributed by atoms with Gasteiger partial charge in [0, 0.05) is 12.4 Å². The lowest BCUT2D eigenvalue weighted by atomic mass is 9.84. The molecular weight excluding hydrogens is 198 g/mol. The summed E-state index contributed by atoms with van der Waals surface area (Å²) in [7, 11) is 0. The average molecular weight is 207 g/mol. The van der Waals surface area contributed by atoms with Gasteiger partial charge >= 0.3 is 0 Å². The number of rotatable bonds is 0. The van der Waals surface area contributed by atoms with Gasteiger partial charge < -0.3 is 0 Å². The van der Waals surface area contributed by atoms with E-state index in [0.717, 1.165) is 28.9 Å². The largest absolute Gasteiger partial charge is 0.254 e. The second-order valence-electron chi connectivity index (χ2n) is 3.84. The standard InChI is InChI=1S/C13H9N3/c14-8-10-7-9-3-1-5-15-12(9)13-11(10)4-2-6-16-13/h1-6,10H,7H2. The van der Waals surface area contributed by atoms with Crippen molar-refractivity contribution in [1.29, 1.82) is 5.26 Å². The van der Waals surface area contributed by atoms with Crippen LogP contribution in [0.25, 0.3) is 11.4 Å². The molecule has 1 unspecified atom stereocenters. The maximum Gasteiger partial charge on any atom is 0.0934 e. The number of nitriles is 1. The summed E-state index contributed by atoms with van der Waals surface area (Å²) in [5, 5.41) is 9.17. The van der Waals surface area contributed by atoms with Crippen molar-refractivity contribution in [3.63, 3.8) is 0 Å². The molecule has 0 radical (unpaired) electrons. The van der Waals surface area contributed by atoms with E-state index in [1.807, 2.05) is 24.3 Å². The Labute approximate surface area is 93.4 Å². The van der Waals surface area contributed by atoms with E-state index in [-0.39, 0.29) is 5.92 Å². The normalized spacial score (nSPS) is 17.1. The van der Waals surface area contributed by atoms with Crippen molar-refractivity contribution in [3.8, 4) is 17.5 Å². The van der Waals surface area contributed by atoms with Gasteiger partial charge in [-0.1, -0.05) is 12.1 Å². The fraction of sp³-hybridized carbons (Fsp3) is 0.154. The Balaban J connectivity index is 2.29. The van der Waals surface area contributed by atoms with Crippen LogP contribution in [0, 0.1) is 11.3 Å². The molecule has 0 N–H and O–H groups in total. The first kappa shape index (κ1) is 9.05. The number of nitrogens with zero attached hydrogens (tertiary/aromatic N) is 3. The lowest BCUT2D eigenvalue weighted by Crippen LogP contribution is -2.11. The summed E-state index contributed by atoms with van der Waals surface area (Å²) in [5.74, 6) is -0.0969. The smallest absolute Gasteiger partial charge is 0.0934 e. The van der Waals surface area contributed by atoms with Gasteiger partial charge in [-0.05, 0) is 29.7 Å². The molecule has 1 atom stereocenters. The summed E-state index contributed by atoms with van der Waals surface area (Å²) < 4.78 is 0. The number of pyridine rings is 2. The highest BCUT2D eigenvalue weighted by molar-refractivity contribution is 5.67. The molecule has 0 spiro atoms. The van der Waals surface area contributed by atoms with Gasteiger partial charge in [-0.3, -0.25) is 9.97 Å². The number of aromatic nitrogens is 2. The molecule has 0 fully saturated rings. The number of fused-ring (bicyclic) bond motifs is 3. The van der Waals surface area contributed by atoms with Crippen LogP contribution in [0.15, 0.2) is 36.7 Å². The average Bonchev–Trinajstić information content (AvgIpc) is 2.38. The van der Waals surface area contributed by atoms with E-state index in [2.05, 4.69) is 16.0 Å². The van der Waals surface area contributed by atoms with E-state index >= 15 is 0 Å². The minimum absolute atomic E-state index is 0.0969. The van der Waals surface area contributed by atoms with E-state index in [1.165, 1.54) is 0 Å². The minimum Gasteiger partial charge on any atom is -0.254 e. The van der Waals surface area contributed by atoms with Crippen molar-refractivity contribution in [1.82, 2.24) is 9.97 Å². The summed E-state index contributed by atoms with van der Waals surface area (Å²) in [4.78, 5) is 8.70. The van der Waals surface area contributed by atoms with Crippen molar-refractivity contribution < 1.29 is 0 Å². The van der Waals surface area contributed by atoms with E-state index in [1.54, 1.807) is 12.4 Å². The highest BCUT2D eigenvalue weighted by Crippen LogP contribution is 2.36. The fourth-order valence-electron chi connectivity index (χ4n) is 2.16. The van der Waals surface area contributed by atoms with Gasteiger partial charge in [-0.2, -0.15) is 5.26 Å². The van der Waals surface area contributed by atoms with Gasteiger partial charge in [0.05, 0.1) is 23.4 Å². The van der Waals surface area contributed by atoms with E-state index < -0.39 is 0 Å². The first-order valence-electron chi connectivity index (χ1n) is 5.19. The molecule has 1 aliphatic carbocycles. The molecule has 76 valence electrons. The van der Waals surface area contributed by atoms with Gasteiger partial charge in [0.1, 0.15) is 0 Å². The van der Waals surface area contributed by atoms with Gasteiger partial charge in [0.2, 0.25) is 0 Å². The Morgan fingerprint density at radius 2 is 1.88 bits per heavy atom. The van der Waals surface area contributed by atoms with Crippen LogP contribution >= 0.6 is 0 Å². The molecule has 0 aliphatic heterocycles. The second kappa shape index (κ2) is 3.42. The van der Waals surface area contributed by atoms with Crippen LogP contribution in [0.4, 0.5) is 0 Å². The summed E-state index contributed by atoms with van der Waals surface area (Å²) in [5.41, 5.74) is 3.89. The Kier molecular flexibility index (Phi) is 1.94. The summed E-state index contributed by atoms with van der Waals surface area (Å²) in [6.45, 7) is 0. The molecule has 2 aromatic heterocycles. The van der Waals surface area contributed by atoms with Crippen LogP contribution < -0.4 is 0 Å². The number of hydrogen-bond acceptors (Lipinski definition) is 3. The molecule has 0 bridgehead atoms. The van der Waals surface area contributed by atoms with E-state index in [9.17, 15) is 0 Å². The van der Waals surface area contributed by atoms with Gasteiger partial charge in [0.15, 0.2) is 0 Å². The molecule has 2 aromatic rings. The Bertz CT molecular complexity index is 584. The third kappa shape index (κ3) is 1.20. The SMILES string of the molecule is N#CC1Cc2cccnc2-c2ncccc21. The first-order valence-corrected chi connectivity index (χ1v) is 5.19. The highest BCUT2D eigenvalue weighted by atomic mass is 14.8.